The van der Waals surface area contributed by atoms with Crippen molar-refractivity contribution in [3.8, 4) is 11.1 Å². The molecule has 2 aliphatic rings. The molecule has 0 aromatic heterocycles. The van der Waals surface area contributed by atoms with Crippen molar-refractivity contribution in [3.63, 3.8) is 0 Å². The number of hydrogen-bond acceptors (Lipinski definition) is 4. The molecule has 36 heavy (non-hydrogen) atoms. The molecule has 2 amide bonds. The zero-order valence-electron chi connectivity index (χ0n) is 19.9. The molecule has 1 saturated carbocycles. The van der Waals surface area contributed by atoms with Gasteiger partial charge in [0, 0.05) is 18.5 Å². The minimum Gasteiger partial charge on any atom is -0.480 e. The van der Waals surface area contributed by atoms with Crippen LogP contribution in [0.1, 0.15) is 54.4 Å². The smallest absolute Gasteiger partial charge is 0.328 e. The molecule has 192 valence electrons. The Kier molecular flexibility index (Phi) is 8.54. The third kappa shape index (κ3) is 5.53. The van der Waals surface area contributed by atoms with Gasteiger partial charge in [-0.3, -0.25) is 9.59 Å². The van der Waals surface area contributed by atoms with E-state index in [0.717, 1.165) is 25.7 Å². The maximum atomic E-state index is 13.5. The number of nitrogens with zero attached hydrogens (tertiary/aromatic N) is 1. The first kappa shape index (κ1) is 26.5. The number of hydrogen-bond donors (Lipinski definition) is 3. The van der Waals surface area contributed by atoms with Gasteiger partial charge in [-0.15, -0.1) is 0 Å². The summed E-state index contributed by atoms with van der Waals surface area (Å²) < 4.78 is 0. The van der Waals surface area contributed by atoms with Gasteiger partial charge in [-0.1, -0.05) is 72.8 Å². The van der Waals surface area contributed by atoms with Crippen molar-refractivity contribution in [2.45, 2.75) is 57.0 Å². The number of halogens is 2. The Morgan fingerprint density at radius 1 is 1.08 bits per heavy atom. The fourth-order valence-corrected chi connectivity index (χ4v) is 5.79. The number of nitrogens with one attached hydrogen (secondary N) is 1. The number of benzene rings is 2. The molecule has 3 N–H and O–H groups in total. The van der Waals surface area contributed by atoms with Crippen LogP contribution in [0.15, 0.2) is 36.4 Å². The van der Waals surface area contributed by atoms with Crippen LogP contribution in [0.2, 0.25) is 10.0 Å². The number of aliphatic hydroxyl groups is 1. The molecular formula is C27H30Cl2N2O5. The standard InChI is InChI=1S/C27H30Cl2N2O5/c28-21-14-19(16-7-3-1-4-8-16)23(25(33)30-22(15-32)27(35)36)20(24(21)29)13-17-11-12-31(26(17)34)18-9-5-2-6-10-18/h1,3-4,7-8,14,17-18,22,32H,2,5-6,9-13,15H2,(H,30,33)(H,35,36)/t17-,22+/m0/s1. The largest absolute Gasteiger partial charge is 0.480 e. The number of carboxylic acid groups (broad SMARTS) is 1. The molecule has 2 atom stereocenters. The Morgan fingerprint density at radius 2 is 1.78 bits per heavy atom. The Bertz CT molecular complexity index is 1130. The van der Waals surface area contributed by atoms with E-state index in [1.54, 1.807) is 6.07 Å². The minimum atomic E-state index is -1.49. The summed E-state index contributed by atoms with van der Waals surface area (Å²) in [6.07, 6.45) is 6.33. The molecule has 1 heterocycles. The van der Waals surface area contributed by atoms with Gasteiger partial charge in [0.2, 0.25) is 5.91 Å². The van der Waals surface area contributed by atoms with Crippen LogP contribution in [-0.4, -0.2) is 58.1 Å². The highest BCUT2D eigenvalue weighted by molar-refractivity contribution is 6.43. The third-order valence-corrected chi connectivity index (χ3v) is 8.06. The number of likely N-dealkylation sites (tertiary alicyclic amines) is 1. The maximum absolute atomic E-state index is 13.5. The third-order valence-electron chi connectivity index (χ3n) is 7.23. The molecular weight excluding hydrogens is 503 g/mol. The molecule has 7 nitrogen and oxygen atoms in total. The Morgan fingerprint density at radius 3 is 2.42 bits per heavy atom. The number of aliphatic hydroxyl groups excluding tert-OH is 1. The van der Waals surface area contributed by atoms with Gasteiger partial charge in [0.25, 0.3) is 5.91 Å². The summed E-state index contributed by atoms with van der Waals surface area (Å²) in [5, 5.41) is 21.6. The molecule has 9 heteroatoms. The van der Waals surface area contributed by atoms with E-state index < -0.39 is 24.5 Å². The maximum Gasteiger partial charge on any atom is 0.328 e. The van der Waals surface area contributed by atoms with Gasteiger partial charge in [-0.25, -0.2) is 4.79 Å². The van der Waals surface area contributed by atoms with Crippen molar-refractivity contribution in [3.05, 3.63) is 57.6 Å². The average molecular weight is 533 g/mol. The predicted octanol–water partition coefficient (Wildman–Crippen LogP) is 4.56. The first-order valence-corrected chi connectivity index (χ1v) is 13.1. The van der Waals surface area contributed by atoms with Gasteiger partial charge in [0.15, 0.2) is 6.04 Å². The number of rotatable bonds is 8. The zero-order chi connectivity index (χ0) is 25.8. The van der Waals surface area contributed by atoms with Crippen molar-refractivity contribution in [2.24, 2.45) is 5.92 Å². The summed E-state index contributed by atoms with van der Waals surface area (Å²) in [6.45, 7) is -0.0963. The normalized spacial score (nSPS) is 19.4. The summed E-state index contributed by atoms with van der Waals surface area (Å²) in [7, 11) is 0. The zero-order valence-corrected chi connectivity index (χ0v) is 21.4. The summed E-state index contributed by atoms with van der Waals surface area (Å²) in [4.78, 5) is 40.3. The minimum absolute atomic E-state index is 0.0596. The summed E-state index contributed by atoms with van der Waals surface area (Å²) in [6, 6.07) is 9.44. The first-order chi connectivity index (χ1) is 17.3. The molecule has 0 radical (unpaired) electrons. The lowest BCUT2D eigenvalue weighted by Crippen LogP contribution is -2.44. The van der Waals surface area contributed by atoms with Gasteiger partial charge >= 0.3 is 5.97 Å². The molecule has 1 aliphatic carbocycles. The topological polar surface area (TPSA) is 107 Å². The molecule has 0 spiro atoms. The average Bonchev–Trinajstić information content (AvgIpc) is 3.25. The highest BCUT2D eigenvalue weighted by Gasteiger charge is 2.38. The number of carbonyl (C=O) groups excluding carboxylic acids is 2. The van der Waals surface area contributed by atoms with E-state index in [2.05, 4.69) is 5.32 Å². The summed E-state index contributed by atoms with van der Waals surface area (Å²) in [5.41, 5.74) is 1.75. The first-order valence-electron chi connectivity index (χ1n) is 12.3. The number of carboxylic acids is 1. The van der Waals surface area contributed by atoms with E-state index in [1.165, 1.54) is 6.42 Å². The van der Waals surface area contributed by atoms with Gasteiger partial charge in [-0.05, 0) is 48.4 Å². The summed E-state index contributed by atoms with van der Waals surface area (Å²) >= 11 is 13.2. The van der Waals surface area contributed by atoms with Crippen LogP contribution in [0.5, 0.6) is 0 Å². The van der Waals surface area contributed by atoms with Gasteiger partial charge in [-0.2, -0.15) is 0 Å². The fourth-order valence-electron chi connectivity index (χ4n) is 5.35. The lowest BCUT2D eigenvalue weighted by Gasteiger charge is -2.31. The van der Waals surface area contributed by atoms with Crippen molar-refractivity contribution in [1.82, 2.24) is 10.2 Å². The van der Waals surface area contributed by atoms with Crippen molar-refractivity contribution in [2.75, 3.05) is 13.2 Å². The molecule has 1 saturated heterocycles. The monoisotopic (exact) mass is 532 g/mol. The van der Waals surface area contributed by atoms with E-state index in [0.29, 0.717) is 29.7 Å². The van der Waals surface area contributed by atoms with Crippen LogP contribution in [0.25, 0.3) is 11.1 Å². The molecule has 2 aromatic rings. The van der Waals surface area contributed by atoms with Crippen LogP contribution in [0.4, 0.5) is 0 Å². The van der Waals surface area contributed by atoms with Crippen LogP contribution < -0.4 is 5.32 Å². The van der Waals surface area contributed by atoms with E-state index in [-0.39, 0.29) is 39.9 Å². The van der Waals surface area contributed by atoms with Crippen LogP contribution in [-0.2, 0) is 16.0 Å². The second-order valence-corrected chi connectivity index (χ2v) is 10.3. The Labute approximate surface area is 220 Å². The van der Waals surface area contributed by atoms with E-state index in [1.807, 2.05) is 35.2 Å². The van der Waals surface area contributed by atoms with Crippen molar-refractivity contribution < 1.29 is 24.6 Å². The van der Waals surface area contributed by atoms with Crippen LogP contribution in [0, 0.1) is 5.92 Å². The fraction of sp³-hybridized carbons (Fsp3) is 0.444. The summed E-state index contributed by atoms with van der Waals surface area (Å²) in [5.74, 6) is -2.35. The molecule has 1 aliphatic heterocycles. The van der Waals surface area contributed by atoms with E-state index in [9.17, 15) is 24.6 Å². The highest BCUT2D eigenvalue weighted by atomic mass is 35.5. The SMILES string of the molecule is O=C(N[C@H](CO)C(=O)O)c1c(-c2ccccc2)cc(Cl)c(Cl)c1C[C@@H]1CCN(C2CCCCC2)C1=O. The Hall–Kier alpha value is -2.61. The van der Waals surface area contributed by atoms with Crippen LogP contribution in [0.3, 0.4) is 0 Å². The van der Waals surface area contributed by atoms with E-state index in [4.69, 9.17) is 23.2 Å². The van der Waals surface area contributed by atoms with Gasteiger partial charge in [0.05, 0.1) is 22.2 Å². The second-order valence-electron chi connectivity index (χ2n) is 9.50. The quantitative estimate of drug-likeness (QED) is 0.461. The van der Waals surface area contributed by atoms with Crippen molar-refractivity contribution in [1.29, 1.82) is 0 Å². The number of aliphatic carboxylic acids is 1. The molecule has 0 unspecified atom stereocenters. The molecule has 4 rings (SSSR count). The number of carbonyl (C=O) groups is 3. The van der Waals surface area contributed by atoms with Crippen LogP contribution >= 0.6 is 23.2 Å². The lowest BCUT2D eigenvalue weighted by atomic mass is 9.88. The van der Waals surface area contributed by atoms with Crippen molar-refractivity contribution >= 4 is 41.0 Å². The molecule has 2 aromatic carbocycles. The van der Waals surface area contributed by atoms with Gasteiger partial charge in [0.1, 0.15) is 0 Å². The molecule has 2 fully saturated rings. The van der Waals surface area contributed by atoms with Gasteiger partial charge < -0.3 is 20.4 Å². The predicted molar refractivity (Wildman–Crippen MR) is 138 cm³/mol. The lowest BCUT2D eigenvalue weighted by molar-refractivity contribution is -0.140. The highest BCUT2D eigenvalue weighted by Crippen LogP contribution is 2.40. The Balaban J connectivity index is 1.73. The molecule has 0 bridgehead atoms. The number of amides is 2. The van der Waals surface area contributed by atoms with E-state index >= 15 is 0 Å². The second kappa shape index (κ2) is 11.6.